The van der Waals surface area contributed by atoms with Crippen LogP contribution in [0, 0.1) is 10.1 Å². The molecule has 6 heteroatoms. The van der Waals surface area contributed by atoms with Gasteiger partial charge in [0.15, 0.2) is 5.79 Å². The zero-order valence-corrected chi connectivity index (χ0v) is 13.0. The van der Waals surface area contributed by atoms with Gasteiger partial charge in [0.05, 0.1) is 25.6 Å². The Hall–Kier alpha value is -2.18. The zero-order chi connectivity index (χ0) is 16.3. The predicted octanol–water partition coefficient (Wildman–Crippen LogP) is 2.95. The van der Waals surface area contributed by atoms with E-state index < -0.39 is 11.8 Å². The van der Waals surface area contributed by atoms with Crippen molar-refractivity contribution in [3.05, 3.63) is 70.0 Å². The largest absolute Gasteiger partial charge is 0.367 e. The fraction of sp³-hybridized carbons (Fsp3) is 0.412. The van der Waals surface area contributed by atoms with Gasteiger partial charge in [-0.1, -0.05) is 30.3 Å². The van der Waals surface area contributed by atoms with Crippen LogP contribution in [0.15, 0.2) is 48.8 Å². The van der Waals surface area contributed by atoms with Crippen molar-refractivity contribution in [2.24, 2.45) is 0 Å². The number of rotatable bonds is 6. The average Bonchev–Trinajstić information content (AvgIpc) is 3.20. The average molecular weight is 316 g/mol. The number of benzene rings is 1. The summed E-state index contributed by atoms with van der Waals surface area (Å²) in [4.78, 5) is 14.6. The number of H-pyrrole nitrogens is 1. The monoisotopic (exact) mass is 316 g/mol. The lowest BCUT2D eigenvalue weighted by molar-refractivity contribution is -0.532. The van der Waals surface area contributed by atoms with Crippen molar-refractivity contribution in [1.82, 2.24) is 4.98 Å². The van der Waals surface area contributed by atoms with E-state index in [1.54, 1.807) is 13.1 Å². The number of aromatic amines is 1. The molecule has 1 N–H and O–H groups in total. The predicted molar refractivity (Wildman–Crippen MR) is 84.8 cm³/mol. The molecule has 0 amide bonds. The molecule has 1 fully saturated rings. The molecule has 1 aliphatic rings. The van der Waals surface area contributed by atoms with Gasteiger partial charge in [0.25, 0.3) is 0 Å². The van der Waals surface area contributed by atoms with E-state index in [1.807, 2.05) is 42.6 Å². The summed E-state index contributed by atoms with van der Waals surface area (Å²) in [5.41, 5.74) is 1.80. The van der Waals surface area contributed by atoms with Gasteiger partial charge in [0, 0.05) is 17.3 Å². The molecule has 6 nitrogen and oxygen atoms in total. The molecule has 0 bridgehead atoms. The lowest BCUT2D eigenvalue weighted by Crippen LogP contribution is -2.38. The van der Waals surface area contributed by atoms with Crippen molar-refractivity contribution in [3.63, 3.8) is 0 Å². The van der Waals surface area contributed by atoms with Crippen LogP contribution in [0.2, 0.25) is 0 Å². The molecule has 0 radical (unpaired) electrons. The Morgan fingerprint density at radius 3 is 2.48 bits per heavy atom. The van der Waals surface area contributed by atoms with Crippen LogP contribution in [0.4, 0.5) is 0 Å². The van der Waals surface area contributed by atoms with E-state index in [9.17, 15) is 10.1 Å². The number of aromatic nitrogens is 1. The minimum absolute atomic E-state index is 0.199. The van der Waals surface area contributed by atoms with Gasteiger partial charge in [0.1, 0.15) is 0 Å². The molecule has 2 unspecified atom stereocenters. The summed E-state index contributed by atoms with van der Waals surface area (Å²) in [7, 11) is 0. The van der Waals surface area contributed by atoms with E-state index in [-0.39, 0.29) is 17.3 Å². The summed E-state index contributed by atoms with van der Waals surface area (Å²) in [5.74, 6) is -1.26. The Morgan fingerprint density at radius 1 is 1.22 bits per heavy atom. The minimum atomic E-state index is -0.902. The van der Waals surface area contributed by atoms with Crippen molar-refractivity contribution < 1.29 is 14.4 Å². The molecular formula is C17H20N2O4. The zero-order valence-electron chi connectivity index (χ0n) is 13.0. The molecule has 2 heterocycles. The second-order valence-electron chi connectivity index (χ2n) is 5.92. The normalized spacial score (nSPS) is 19.3. The van der Waals surface area contributed by atoms with Gasteiger partial charge in [-0.2, -0.15) is 0 Å². The van der Waals surface area contributed by atoms with Crippen LogP contribution in [0.1, 0.15) is 30.4 Å². The summed E-state index contributed by atoms with van der Waals surface area (Å²) >= 11 is 0. The Morgan fingerprint density at radius 2 is 1.91 bits per heavy atom. The second kappa shape index (κ2) is 6.52. The Labute approximate surface area is 134 Å². The molecule has 3 rings (SSSR count). The summed E-state index contributed by atoms with van der Waals surface area (Å²) in [6, 6.07) is 10.6. The smallest absolute Gasteiger partial charge is 0.229 e. The molecule has 0 aliphatic carbocycles. The highest BCUT2D eigenvalue weighted by Crippen LogP contribution is 2.36. The Bertz CT molecular complexity index is 636. The first-order chi connectivity index (χ1) is 11.1. The van der Waals surface area contributed by atoms with E-state index in [1.165, 1.54) is 0 Å². The van der Waals surface area contributed by atoms with Gasteiger partial charge < -0.3 is 14.5 Å². The number of hydrogen-bond donors (Lipinski definition) is 1. The molecule has 1 saturated heterocycles. The first-order valence-corrected chi connectivity index (χ1v) is 7.68. The van der Waals surface area contributed by atoms with Gasteiger partial charge in [-0.25, -0.2) is 0 Å². The molecule has 23 heavy (non-hydrogen) atoms. The SMILES string of the molecule is CC1(CC(C(c2ccccc2)c2cc[nH]c2)[N+](=O)[O-])OCCO1. The maximum atomic E-state index is 11.8. The number of nitrogens with one attached hydrogen (secondary N) is 1. The standard InChI is InChI=1S/C17H20N2O4/c1-17(22-9-10-23-17)11-15(19(20)21)16(14-7-8-18-12-14)13-5-3-2-4-6-13/h2-8,12,15-16,18H,9-11H2,1H3. The van der Waals surface area contributed by atoms with Gasteiger partial charge in [0.2, 0.25) is 6.04 Å². The van der Waals surface area contributed by atoms with Crippen LogP contribution >= 0.6 is 0 Å². The van der Waals surface area contributed by atoms with Crippen LogP contribution in [0.5, 0.6) is 0 Å². The molecule has 0 saturated carbocycles. The summed E-state index contributed by atoms with van der Waals surface area (Å²) < 4.78 is 11.2. The molecule has 2 atom stereocenters. The van der Waals surface area contributed by atoms with E-state index in [4.69, 9.17) is 9.47 Å². The number of ether oxygens (including phenoxy) is 2. The summed E-state index contributed by atoms with van der Waals surface area (Å²) in [5, 5.41) is 11.8. The fourth-order valence-electron chi connectivity index (χ4n) is 3.20. The quantitative estimate of drug-likeness (QED) is 0.656. The third-order valence-electron chi connectivity index (χ3n) is 4.27. The van der Waals surface area contributed by atoms with Gasteiger partial charge in [-0.15, -0.1) is 0 Å². The number of nitro groups is 1. The van der Waals surface area contributed by atoms with Gasteiger partial charge >= 0.3 is 0 Å². The Kier molecular flexibility index (Phi) is 4.45. The van der Waals surface area contributed by atoms with Crippen LogP contribution in [0.3, 0.4) is 0 Å². The van der Waals surface area contributed by atoms with E-state index in [0.717, 1.165) is 11.1 Å². The van der Waals surface area contributed by atoms with Crippen LogP contribution in [0.25, 0.3) is 0 Å². The summed E-state index contributed by atoms with van der Waals surface area (Å²) in [6.45, 7) is 2.72. The highest BCUT2D eigenvalue weighted by Gasteiger charge is 2.43. The van der Waals surface area contributed by atoms with E-state index >= 15 is 0 Å². The molecule has 122 valence electrons. The first-order valence-electron chi connectivity index (χ1n) is 7.68. The number of nitrogens with zero attached hydrogens (tertiary/aromatic N) is 1. The maximum Gasteiger partial charge on any atom is 0.229 e. The third kappa shape index (κ3) is 3.43. The van der Waals surface area contributed by atoms with Crippen molar-refractivity contribution in [2.45, 2.75) is 31.1 Å². The third-order valence-corrected chi connectivity index (χ3v) is 4.27. The fourth-order valence-corrected chi connectivity index (χ4v) is 3.20. The molecule has 1 aliphatic heterocycles. The minimum Gasteiger partial charge on any atom is -0.367 e. The van der Waals surface area contributed by atoms with Crippen molar-refractivity contribution in [1.29, 1.82) is 0 Å². The first kappa shape index (κ1) is 15.7. The molecule has 1 aromatic heterocycles. The van der Waals surface area contributed by atoms with Gasteiger partial charge in [-0.3, -0.25) is 10.1 Å². The molecule has 0 spiro atoms. The van der Waals surface area contributed by atoms with Crippen molar-refractivity contribution in [3.8, 4) is 0 Å². The number of hydrogen-bond acceptors (Lipinski definition) is 4. The molecular weight excluding hydrogens is 296 g/mol. The lowest BCUT2D eigenvalue weighted by atomic mass is 9.83. The van der Waals surface area contributed by atoms with E-state index in [2.05, 4.69) is 4.98 Å². The molecule has 1 aromatic carbocycles. The second-order valence-corrected chi connectivity index (χ2v) is 5.92. The topological polar surface area (TPSA) is 77.4 Å². The van der Waals surface area contributed by atoms with Gasteiger partial charge in [-0.05, 0) is 24.1 Å². The maximum absolute atomic E-state index is 11.8. The van der Waals surface area contributed by atoms with Crippen molar-refractivity contribution in [2.75, 3.05) is 13.2 Å². The Balaban J connectivity index is 1.97. The van der Waals surface area contributed by atoms with Crippen LogP contribution in [-0.2, 0) is 9.47 Å². The van der Waals surface area contributed by atoms with Crippen LogP contribution < -0.4 is 0 Å². The summed E-state index contributed by atoms with van der Waals surface area (Å²) in [6.07, 6.45) is 3.80. The highest BCUT2D eigenvalue weighted by molar-refractivity contribution is 5.32. The van der Waals surface area contributed by atoms with E-state index in [0.29, 0.717) is 13.2 Å². The van der Waals surface area contributed by atoms with Crippen molar-refractivity contribution >= 4 is 0 Å². The van der Waals surface area contributed by atoms with Crippen LogP contribution in [-0.4, -0.2) is 35.0 Å². The lowest BCUT2D eigenvalue weighted by Gasteiger charge is -2.28. The molecule has 2 aromatic rings. The highest BCUT2D eigenvalue weighted by atomic mass is 16.7.